The zero-order chi connectivity index (χ0) is 8.27. The molecule has 1 N–H and O–H groups in total. The fourth-order valence-electron chi connectivity index (χ4n) is 0.699. The highest BCUT2D eigenvalue weighted by atomic mass is 32.1. The van der Waals surface area contributed by atoms with Gasteiger partial charge in [-0.05, 0) is 0 Å². The highest BCUT2D eigenvalue weighted by Gasteiger charge is 2.20. The van der Waals surface area contributed by atoms with Crippen molar-refractivity contribution in [3.63, 3.8) is 0 Å². The molecule has 0 aliphatic heterocycles. The predicted molar refractivity (Wildman–Crippen MR) is 39.5 cm³/mol. The highest BCUT2D eigenvalue weighted by molar-refractivity contribution is 7.07. The van der Waals surface area contributed by atoms with Crippen molar-refractivity contribution in [1.29, 1.82) is 0 Å². The molecule has 0 aromatic carbocycles. The fourth-order valence-corrected chi connectivity index (χ4v) is 1.27. The van der Waals surface area contributed by atoms with E-state index >= 15 is 0 Å². The average Bonchev–Trinajstić information content (AvgIpc) is 2.40. The van der Waals surface area contributed by atoms with Crippen LogP contribution in [-0.4, -0.2) is 23.2 Å². The number of rotatable bonds is 3. The average molecular weight is 173 g/mol. The van der Waals surface area contributed by atoms with Gasteiger partial charge in [-0.3, -0.25) is 0 Å². The molecule has 0 aliphatic carbocycles. The van der Waals surface area contributed by atoms with E-state index in [0.29, 0.717) is 5.69 Å². The van der Waals surface area contributed by atoms with Crippen LogP contribution in [-0.2, 0) is 9.53 Å². The van der Waals surface area contributed by atoms with Crippen LogP contribution in [0.15, 0.2) is 10.9 Å². The van der Waals surface area contributed by atoms with Gasteiger partial charge in [-0.1, -0.05) is 0 Å². The summed E-state index contributed by atoms with van der Waals surface area (Å²) < 4.78 is 4.70. The minimum atomic E-state index is -1.02. The molecule has 0 aliphatic rings. The number of thiazole rings is 1. The van der Waals surface area contributed by atoms with Crippen LogP contribution in [0.4, 0.5) is 0 Å². The summed E-state index contributed by atoms with van der Waals surface area (Å²) in [5.74, 6) is -1.02. The zero-order valence-electron chi connectivity index (χ0n) is 5.85. The molecule has 1 heterocycles. The van der Waals surface area contributed by atoms with Crippen molar-refractivity contribution in [2.75, 3.05) is 7.11 Å². The molecular formula is C6H7NO3S. The van der Waals surface area contributed by atoms with E-state index in [9.17, 15) is 4.79 Å². The lowest BCUT2D eigenvalue weighted by molar-refractivity contribution is -0.149. The lowest BCUT2D eigenvalue weighted by Crippen LogP contribution is -2.13. The summed E-state index contributed by atoms with van der Waals surface area (Å²) in [6, 6.07) is 0. The van der Waals surface area contributed by atoms with Crippen molar-refractivity contribution in [3.05, 3.63) is 16.6 Å². The third-order valence-corrected chi connectivity index (χ3v) is 1.78. The molecule has 0 fully saturated rings. The first-order valence-corrected chi connectivity index (χ1v) is 3.83. The maximum absolute atomic E-state index is 10.5. The molecule has 0 radical (unpaired) electrons. The molecule has 4 nitrogen and oxygen atoms in total. The van der Waals surface area contributed by atoms with Gasteiger partial charge in [0.25, 0.3) is 0 Å². The molecule has 1 aromatic rings. The van der Waals surface area contributed by atoms with Crippen LogP contribution in [0, 0.1) is 0 Å². The molecule has 5 heteroatoms. The topological polar surface area (TPSA) is 59.4 Å². The van der Waals surface area contributed by atoms with Crippen LogP contribution >= 0.6 is 11.3 Å². The number of carbonyl (C=O) groups is 1. The minimum Gasteiger partial charge on any atom is -0.479 e. The number of carboxylic acids is 1. The Balaban J connectivity index is 2.79. The Morgan fingerprint density at radius 3 is 3.00 bits per heavy atom. The Kier molecular flexibility index (Phi) is 2.56. The number of aromatic nitrogens is 1. The van der Waals surface area contributed by atoms with E-state index in [1.807, 2.05) is 0 Å². The van der Waals surface area contributed by atoms with Crippen molar-refractivity contribution in [2.24, 2.45) is 0 Å². The van der Waals surface area contributed by atoms with E-state index in [4.69, 9.17) is 9.84 Å². The van der Waals surface area contributed by atoms with Gasteiger partial charge < -0.3 is 9.84 Å². The maximum Gasteiger partial charge on any atom is 0.339 e. The summed E-state index contributed by atoms with van der Waals surface area (Å²) in [6.07, 6.45) is -0.929. The smallest absolute Gasteiger partial charge is 0.339 e. The number of carboxylic acid groups (broad SMARTS) is 1. The second-order valence-electron chi connectivity index (χ2n) is 1.87. The molecule has 0 unspecified atom stereocenters. The molecule has 0 amide bonds. The maximum atomic E-state index is 10.5. The molecule has 0 saturated carbocycles. The number of nitrogens with zero attached hydrogens (tertiary/aromatic N) is 1. The summed E-state index contributed by atoms with van der Waals surface area (Å²) in [5.41, 5.74) is 2.02. The van der Waals surface area contributed by atoms with Crippen molar-refractivity contribution < 1.29 is 14.6 Å². The molecule has 11 heavy (non-hydrogen) atoms. The van der Waals surface area contributed by atoms with Crippen molar-refractivity contribution in [3.8, 4) is 0 Å². The lowest BCUT2D eigenvalue weighted by Gasteiger charge is -2.05. The molecule has 0 bridgehead atoms. The summed E-state index contributed by atoms with van der Waals surface area (Å²) in [5, 5.41) is 10.2. The van der Waals surface area contributed by atoms with Gasteiger partial charge in [0.15, 0.2) is 6.10 Å². The largest absolute Gasteiger partial charge is 0.479 e. The quantitative estimate of drug-likeness (QED) is 0.738. The number of hydrogen-bond acceptors (Lipinski definition) is 4. The molecule has 60 valence electrons. The van der Waals surface area contributed by atoms with Gasteiger partial charge in [0.2, 0.25) is 0 Å². The number of ether oxygens (including phenoxy) is 1. The second-order valence-corrected chi connectivity index (χ2v) is 2.59. The predicted octanol–water partition coefficient (Wildman–Crippen LogP) is 0.915. The van der Waals surface area contributed by atoms with Crippen LogP contribution in [0.1, 0.15) is 11.8 Å². The van der Waals surface area contributed by atoms with Gasteiger partial charge in [-0.2, -0.15) is 0 Å². The molecular weight excluding hydrogens is 166 g/mol. The fraction of sp³-hybridized carbons (Fsp3) is 0.333. The second kappa shape index (κ2) is 3.45. The molecule has 1 aromatic heterocycles. The number of methoxy groups -OCH3 is 1. The van der Waals surface area contributed by atoms with E-state index in [0.717, 1.165) is 0 Å². The number of aliphatic carboxylic acids is 1. The van der Waals surface area contributed by atoms with Gasteiger partial charge in [-0.15, -0.1) is 11.3 Å². The highest BCUT2D eigenvalue weighted by Crippen LogP contribution is 2.15. The standard InChI is InChI=1S/C6H7NO3S/c1-10-5(6(8)9)4-2-11-3-7-4/h2-3,5H,1H3,(H,8,9)/t5-/m0/s1. The van der Waals surface area contributed by atoms with Crippen LogP contribution in [0.25, 0.3) is 0 Å². The molecule has 0 saturated heterocycles. The van der Waals surface area contributed by atoms with E-state index in [-0.39, 0.29) is 0 Å². The van der Waals surface area contributed by atoms with Crippen molar-refractivity contribution >= 4 is 17.3 Å². The summed E-state index contributed by atoms with van der Waals surface area (Å²) >= 11 is 1.35. The van der Waals surface area contributed by atoms with Crippen LogP contribution < -0.4 is 0 Å². The Hall–Kier alpha value is -0.940. The Morgan fingerprint density at radius 1 is 1.91 bits per heavy atom. The lowest BCUT2D eigenvalue weighted by atomic mass is 10.3. The van der Waals surface area contributed by atoms with Crippen molar-refractivity contribution in [2.45, 2.75) is 6.10 Å². The minimum absolute atomic E-state index is 0.449. The van der Waals surface area contributed by atoms with Crippen LogP contribution in [0.3, 0.4) is 0 Å². The summed E-state index contributed by atoms with van der Waals surface area (Å²) in [6.45, 7) is 0. The zero-order valence-corrected chi connectivity index (χ0v) is 6.67. The van der Waals surface area contributed by atoms with Crippen molar-refractivity contribution in [1.82, 2.24) is 4.98 Å². The van der Waals surface area contributed by atoms with Gasteiger partial charge in [0.1, 0.15) is 0 Å². The molecule has 1 atom stereocenters. The van der Waals surface area contributed by atoms with Gasteiger partial charge in [-0.25, -0.2) is 9.78 Å². The first-order chi connectivity index (χ1) is 5.25. The first-order valence-electron chi connectivity index (χ1n) is 2.89. The van der Waals surface area contributed by atoms with Crippen LogP contribution in [0.2, 0.25) is 0 Å². The van der Waals surface area contributed by atoms with E-state index < -0.39 is 12.1 Å². The van der Waals surface area contributed by atoms with E-state index in [1.54, 1.807) is 10.9 Å². The molecule has 0 spiro atoms. The third kappa shape index (κ3) is 1.75. The Bertz CT molecular complexity index is 234. The van der Waals surface area contributed by atoms with Gasteiger partial charge >= 0.3 is 5.97 Å². The van der Waals surface area contributed by atoms with Gasteiger partial charge in [0, 0.05) is 12.5 Å². The van der Waals surface area contributed by atoms with E-state index in [1.165, 1.54) is 18.4 Å². The third-order valence-electron chi connectivity index (χ3n) is 1.18. The normalized spacial score (nSPS) is 12.8. The van der Waals surface area contributed by atoms with E-state index in [2.05, 4.69) is 4.98 Å². The Labute approximate surface area is 67.5 Å². The summed E-state index contributed by atoms with van der Waals surface area (Å²) in [4.78, 5) is 14.3. The SMILES string of the molecule is CO[C@H](C(=O)O)c1cscn1. The Morgan fingerprint density at radius 2 is 2.64 bits per heavy atom. The van der Waals surface area contributed by atoms with Crippen LogP contribution in [0.5, 0.6) is 0 Å². The van der Waals surface area contributed by atoms with Gasteiger partial charge in [0.05, 0.1) is 11.2 Å². The monoisotopic (exact) mass is 173 g/mol. The summed E-state index contributed by atoms with van der Waals surface area (Å²) in [7, 11) is 1.35. The molecule has 1 rings (SSSR count). The number of hydrogen-bond donors (Lipinski definition) is 1. The first kappa shape index (κ1) is 8.16.